The smallest absolute Gasteiger partial charge is 0.180 e. The van der Waals surface area contributed by atoms with Crippen molar-refractivity contribution in [3.63, 3.8) is 0 Å². The molecular formula is C12H19N5O. The molecule has 1 atom stereocenters. The fourth-order valence-electron chi connectivity index (χ4n) is 1.65. The van der Waals surface area contributed by atoms with Crippen LogP contribution in [0.25, 0.3) is 5.65 Å². The Bertz CT molecular complexity index is 510. The number of nitrogens with one attached hydrogen (secondary N) is 2. The van der Waals surface area contributed by atoms with Gasteiger partial charge in [-0.1, -0.05) is 6.92 Å². The molecule has 2 aromatic heterocycles. The molecule has 0 spiro atoms. The molecule has 98 valence electrons. The Labute approximate surface area is 106 Å². The molecule has 1 unspecified atom stereocenters. The van der Waals surface area contributed by atoms with Crippen LogP contribution in [0, 0.1) is 0 Å². The first-order valence-electron chi connectivity index (χ1n) is 6.19. The topological polar surface area (TPSA) is 74.5 Å². The van der Waals surface area contributed by atoms with Gasteiger partial charge in [0.15, 0.2) is 11.5 Å². The first kappa shape index (κ1) is 12.6. The highest BCUT2D eigenvalue weighted by atomic mass is 16.3. The molecule has 0 aromatic carbocycles. The molecule has 6 heteroatoms. The van der Waals surface area contributed by atoms with Gasteiger partial charge in [0, 0.05) is 25.0 Å². The third kappa shape index (κ3) is 2.70. The van der Waals surface area contributed by atoms with Crippen LogP contribution in [0.1, 0.15) is 20.3 Å². The SMILES string of the molecule is CCCNc1cn2ccnc2c(NC(C)CO)n1. The number of fused-ring (bicyclic) bond motifs is 1. The molecule has 0 bridgehead atoms. The van der Waals surface area contributed by atoms with Gasteiger partial charge in [-0.3, -0.25) is 0 Å². The minimum atomic E-state index is -0.0561. The molecule has 0 aliphatic rings. The molecule has 0 saturated carbocycles. The summed E-state index contributed by atoms with van der Waals surface area (Å²) in [5.41, 5.74) is 0.761. The zero-order chi connectivity index (χ0) is 13.0. The van der Waals surface area contributed by atoms with E-state index < -0.39 is 0 Å². The van der Waals surface area contributed by atoms with E-state index in [0.29, 0.717) is 5.82 Å². The molecule has 0 amide bonds. The summed E-state index contributed by atoms with van der Waals surface area (Å²) < 4.78 is 1.91. The van der Waals surface area contributed by atoms with E-state index in [1.807, 2.05) is 23.7 Å². The van der Waals surface area contributed by atoms with Crippen molar-refractivity contribution in [2.75, 3.05) is 23.8 Å². The first-order valence-corrected chi connectivity index (χ1v) is 6.19. The maximum absolute atomic E-state index is 9.10. The average Bonchev–Trinajstić information content (AvgIpc) is 2.84. The summed E-state index contributed by atoms with van der Waals surface area (Å²) in [6.45, 7) is 4.94. The quantitative estimate of drug-likeness (QED) is 0.720. The molecule has 3 N–H and O–H groups in total. The van der Waals surface area contributed by atoms with Gasteiger partial charge in [0.25, 0.3) is 0 Å². The second kappa shape index (κ2) is 5.68. The Hall–Kier alpha value is -1.82. The monoisotopic (exact) mass is 249 g/mol. The van der Waals surface area contributed by atoms with Gasteiger partial charge in [0.2, 0.25) is 0 Å². The van der Waals surface area contributed by atoms with Crippen molar-refractivity contribution in [1.82, 2.24) is 14.4 Å². The van der Waals surface area contributed by atoms with Crippen molar-refractivity contribution < 1.29 is 5.11 Å². The highest BCUT2D eigenvalue weighted by molar-refractivity contribution is 5.65. The summed E-state index contributed by atoms with van der Waals surface area (Å²) in [4.78, 5) is 8.74. The number of nitrogens with zero attached hydrogens (tertiary/aromatic N) is 3. The molecule has 0 aliphatic carbocycles. The summed E-state index contributed by atoms with van der Waals surface area (Å²) in [6.07, 6.45) is 6.56. The van der Waals surface area contributed by atoms with Crippen LogP contribution in [0.15, 0.2) is 18.6 Å². The third-order valence-corrected chi connectivity index (χ3v) is 2.59. The number of hydrogen-bond donors (Lipinski definition) is 3. The Kier molecular flexibility index (Phi) is 3.99. The second-order valence-corrected chi connectivity index (χ2v) is 4.29. The summed E-state index contributed by atoms with van der Waals surface area (Å²) >= 11 is 0. The molecule has 0 saturated heterocycles. The van der Waals surface area contributed by atoms with E-state index in [9.17, 15) is 0 Å². The third-order valence-electron chi connectivity index (χ3n) is 2.59. The van der Waals surface area contributed by atoms with E-state index in [1.165, 1.54) is 0 Å². The molecular weight excluding hydrogens is 230 g/mol. The minimum Gasteiger partial charge on any atom is -0.394 e. The summed E-state index contributed by atoms with van der Waals surface area (Å²) in [6, 6.07) is -0.0561. The van der Waals surface area contributed by atoms with E-state index in [-0.39, 0.29) is 12.6 Å². The van der Waals surface area contributed by atoms with Crippen LogP contribution in [-0.4, -0.2) is 38.7 Å². The van der Waals surface area contributed by atoms with Crippen LogP contribution in [-0.2, 0) is 0 Å². The molecule has 0 radical (unpaired) electrons. The van der Waals surface area contributed by atoms with Crippen LogP contribution in [0.3, 0.4) is 0 Å². The van der Waals surface area contributed by atoms with E-state index >= 15 is 0 Å². The molecule has 0 fully saturated rings. The standard InChI is InChI=1S/C12H19N5O/c1-3-4-13-10-7-17-6-5-14-12(17)11(16-10)15-9(2)8-18/h5-7,9,13,18H,3-4,8H2,1-2H3,(H,15,16). The first-order chi connectivity index (χ1) is 8.74. The predicted molar refractivity (Wildman–Crippen MR) is 71.9 cm³/mol. The van der Waals surface area contributed by atoms with Crippen molar-refractivity contribution >= 4 is 17.3 Å². The second-order valence-electron chi connectivity index (χ2n) is 4.29. The summed E-state index contributed by atoms with van der Waals surface area (Å²) in [7, 11) is 0. The highest BCUT2D eigenvalue weighted by Crippen LogP contribution is 2.17. The number of hydrogen-bond acceptors (Lipinski definition) is 5. The number of aliphatic hydroxyl groups is 1. The number of rotatable bonds is 6. The van der Waals surface area contributed by atoms with Gasteiger partial charge in [-0.05, 0) is 13.3 Å². The van der Waals surface area contributed by atoms with Crippen molar-refractivity contribution in [3.05, 3.63) is 18.6 Å². The zero-order valence-electron chi connectivity index (χ0n) is 10.7. The van der Waals surface area contributed by atoms with Gasteiger partial charge >= 0.3 is 0 Å². The lowest BCUT2D eigenvalue weighted by molar-refractivity contribution is 0.281. The van der Waals surface area contributed by atoms with Gasteiger partial charge in [-0.2, -0.15) is 0 Å². The van der Waals surface area contributed by atoms with Crippen LogP contribution >= 0.6 is 0 Å². The number of aromatic nitrogens is 3. The maximum Gasteiger partial charge on any atom is 0.180 e. The Morgan fingerprint density at radius 1 is 1.50 bits per heavy atom. The lowest BCUT2D eigenvalue weighted by Gasteiger charge is -2.14. The lowest BCUT2D eigenvalue weighted by atomic mass is 10.3. The molecule has 0 aliphatic heterocycles. The number of imidazole rings is 1. The van der Waals surface area contributed by atoms with Crippen LogP contribution in [0.5, 0.6) is 0 Å². The molecule has 18 heavy (non-hydrogen) atoms. The van der Waals surface area contributed by atoms with Crippen LogP contribution in [0.4, 0.5) is 11.6 Å². The van der Waals surface area contributed by atoms with E-state index in [1.54, 1.807) is 6.20 Å². The van der Waals surface area contributed by atoms with Gasteiger partial charge in [0.1, 0.15) is 5.82 Å². The summed E-state index contributed by atoms with van der Waals surface area (Å²) in [5.74, 6) is 1.48. The average molecular weight is 249 g/mol. The van der Waals surface area contributed by atoms with Gasteiger partial charge < -0.3 is 20.1 Å². The van der Waals surface area contributed by atoms with Crippen molar-refractivity contribution in [3.8, 4) is 0 Å². The number of aliphatic hydroxyl groups excluding tert-OH is 1. The molecule has 2 heterocycles. The fourth-order valence-corrected chi connectivity index (χ4v) is 1.65. The molecule has 2 rings (SSSR count). The normalized spacial score (nSPS) is 12.6. The van der Waals surface area contributed by atoms with Gasteiger partial charge in [-0.15, -0.1) is 0 Å². The van der Waals surface area contributed by atoms with Crippen LogP contribution in [0.2, 0.25) is 0 Å². The fraction of sp³-hybridized carbons (Fsp3) is 0.500. The van der Waals surface area contributed by atoms with E-state index in [0.717, 1.165) is 24.4 Å². The Morgan fingerprint density at radius 2 is 2.33 bits per heavy atom. The van der Waals surface area contributed by atoms with Crippen molar-refractivity contribution in [2.24, 2.45) is 0 Å². The van der Waals surface area contributed by atoms with Gasteiger partial charge in [0.05, 0.1) is 12.8 Å². The lowest BCUT2D eigenvalue weighted by Crippen LogP contribution is -2.21. The molecule has 2 aromatic rings. The Morgan fingerprint density at radius 3 is 3.06 bits per heavy atom. The van der Waals surface area contributed by atoms with Crippen molar-refractivity contribution in [2.45, 2.75) is 26.3 Å². The largest absolute Gasteiger partial charge is 0.394 e. The minimum absolute atomic E-state index is 0.0561. The number of anilines is 2. The van der Waals surface area contributed by atoms with Crippen LogP contribution < -0.4 is 10.6 Å². The van der Waals surface area contributed by atoms with E-state index in [2.05, 4.69) is 27.5 Å². The predicted octanol–water partition coefficient (Wildman–Crippen LogP) is 1.34. The van der Waals surface area contributed by atoms with E-state index in [4.69, 9.17) is 5.11 Å². The highest BCUT2D eigenvalue weighted by Gasteiger charge is 2.09. The maximum atomic E-state index is 9.10. The van der Waals surface area contributed by atoms with Gasteiger partial charge in [-0.25, -0.2) is 9.97 Å². The summed E-state index contributed by atoms with van der Waals surface area (Å²) in [5, 5.41) is 15.5. The van der Waals surface area contributed by atoms with Crippen molar-refractivity contribution in [1.29, 1.82) is 0 Å². The molecule has 6 nitrogen and oxygen atoms in total. The zero-order valence-corrected chi connectivity index (χ0v) is 10.7. The Balaban J connectivity index is 2.32.